The summed E-state index contributed by atoms with van der Waals surface area (Å²) in [6, 6.07) is 10.6. The normalized spacial score (nSPS) is 9.46. The van der Waals surface area contributed by atoms with Crippen LogP contribution in [0, 0.1) is 11.3 Å². The van der Waals surface area contributed by atoms with E-state index in [1.807, 2.05) is 30.3 Å². The van der Waals surface area contributed by atoms with Crippen molar-refractivity contribution in [2.45, 2.75) is 0 Å². The van der Waals surface area contributed by atoms with Crippen LogP contribution in [-0.2, 0) is 4.79 Å². The number of carbonyl (C=O) groups excluding carboxylic acids is 1. The molecule has 0 saturated carbocycles. The maximum Gasteiger partial charge on any atom is 0.342 e. The Morgan fingerprint density at radius 1 is 1.46 bits per heavy atom. The Labute approximate surface area is 75.5 Å². The first-order chi connectivity index (χ1) is 6.33. The van der Waals surface area contributed by atoms with Crippen LogP contribution in [0.1, 0.15) is 5.56 Å². The highest BCUT2D eigenvalue weighted by Crippen LogP contribution is 1.92. The third-order valence-corrected chi connectivity index (χ3v) is 1.28. The second kappa shape index (κ2) is 4.67. The standard InChI is InChI=1S/C9H7N3O/c10-6-9(13)12-11-7-8-4-2-1-3-5-8/h1-5,7H,(H,12,13). The molecule has 4 heteroatoms. The molecule has 4 nitrogen and oxygen atoms in total. The number of nitriles is 1. The van der Waals surface area contributed by atoms with Crippen molar-refractivity contribution in [3.8, 4) is 6.07 Å². The molecule has 64 valence electrons. The van der Waals surface area contributed by atoms with Gasteiger partial charge in [0, 0.05) is 0 Å². The molecule has 0 unspecified atom stereocenters. The number of carbonyl (C=O) groups is 1. The predicted octanol–water partition coefficient (Wildman–Crippen LogP) is 0.660. The predicted molar refractivity (Wildman–Crippen MR) is 47.8 cm³/mol. The van der Waals surface area contributed by atoms with Gasteiger partial charge >= 0.3 is 5.91 Å². The lowest BCUT2D eigenvalue weighted by molar-refractivity contribution is -0.115. The number of hydrazone groups is 1. The van der Waals surface area contributed by atoms with Gasteiger partial charge in [-0.1, -0.05) is 30.3 Å². The van der Waals surface area contributed by atoms with Gasteiger partial charge in [-0.3, -0.25) is 4.79 Å². The molecule has 1 aromatic rings. The zero-order chi connectivity index (χ0) is 9.52. The maximum absolute atomic E-state index is 10.4. The lowest BCUT2D eigenvalue weighted by atomic mass is 10.2. The van der Waals surface area contributed by atoms with Crippen LogP contribution in [0.25, 0.3) is 0 Å². The van der Waals surface area contributed by atoms with Gasteiger partial charge in [-0.25, -0.2) is 5.43 Å². The van der Waals surface area contributed by atoms with E-state index >= 15 is 0 Å². The van der Waals surface area contributed by atoms with Gasteiger partial charge in [0.1, 0.15) is 0 Å². The smallest absolute Gasteiger partial charge is 0.255 e. The fraction of sp³-hybridized carbons (Fsp3) is 0. The minimum absolute atomic E-state index is 0.771. The quantitative estimate of drug-likeness (QED) is 0.405. The zero-order valence-electron chi connectivity index (χ0n) is 6.77. The molecule has 13 heavy (non-hydrogen) atoms. The van der Waals surface area contributed by atoms with Gasteiger partial charge in [-0.15, -0.1) is 0 Å². The Bertz CT molecular complexity index is 351. The van der Waals surface area contributed by atoms with E-state index in [1.54, 1.807) is 0 Å². The van der Waals surface area contributed by atoms with Crippen molar-refractivity contribution in [2.24, 2.45) is 5.10 Å². The summed E-state index contributed by atoms with van der Waals surface area (Å²) in [4.78, 5) is 10.4. The van der Waals surface area contributed by atoms with E-state index in [4.69, 9.17) is 5.26 Å². The SMILES string of the molecule is N#CC(=O)NN=Cc1ccccc1. The topological polar surface area (TPSA) is 65.2 Å². The molecule has 0 aliphatic carbocycles. The molecule has 1 amide bonds. The highest BCUT2D eigenvalue weighted by molar-refractivity contribution is 5.92. The Morgan fingerprint density at radius 2 is 2.15 bits per heavy atom. The fourth-order valence-corrected chi connectivity index (χ4v) is 0.730. The molecule has 0 saturated heterocycles. The highest BCUT2D eigenvalue weighted by Gasteiger charge is 1.90. The monoisotopic (exact) mass is 173 g/mol. The van der Waals surface area contributed by atoms with Crippen molar-refractivity contribution in [1.29, 1.82) is 5.26 Å². The summed E-state index contributed by atoms with van der Waals surface area (Å²) in [6.45, 7) is 0. The molecule has 0 bridgehead atoms. The van der Waals surface area contributed by atoms with E-state index in [2.05, 4.69) is 10.5 Å². The summed E-state index contributed by atoms with van der Waals surface area (Å²) < 4.78 is 0. The van der Waals surface area contributed by atoms with Crippen molar-refractivity contribution in [1.82, 2.24) is 5.43 Å². The summed E-state index contributed by atoms with van der Waals surface area (Å²) in [5.74, 6) is -0.771. The van der Waals surface area contributed by atoms with E-state index in [-0.39, 0.29) is 0 Å². The lowest BCUT2D eigenvalue weighted by Gasteiger charge is -1.90. The Kier molecular flexibility index (Phi) is 3.21. The van der Waals surface area contributed by atoms with E-state index < -0.39 is 5.91 Å². The maximum atomic E-state index is 10.4. The van der Waals surface area contributed by atoms with Gasteiger partial charge in [-0.2, -0.15) is 10.4 Å². The summed E-state index contributed by atoms with van der Waals surface area (Å²) in [7, 11) is 0. The first kappa shape index (κ1) is 8.94. The molecule has 0 atom stereocenters. The molecule has 0 fully saturated rings. The van der Waals surface area contributed by atoms with Gasteiger partial charge < -0.3 is 0 Å². The summed E-state index contributed by atoms with van der Waals surface area (Å²) in [5, 5.41) is 11.7. The first-order valence-electron chi connectivity index (χ1n) is 3.61. The number of rotatable bonds is 2. The van der Waals surface area contributed by atoms with Crippen LogP contribution < -0.4 is 5.43 Å². The number of amides is 1. The summed E-state index contributed by atoms with van der Waals surface area (Å²) >= 11 is 0. The van der Waals surface area contributed by atoms with Gasteiger partial charge in [0.2, 0.25) is 0 Å². The van der Waals surface area contributed by atoms with Gasteiger partial charge in [0.05, 0.1) is 6.21 Å². The average molecular weight is 173 g/mol. The Balaban J connectivity index is 2.51. The number of nitrogens with one attached hydrogen (secondary N) is 1. The molecule has 1 rings (SSSR count). The van der Waals surface area contributed by atoms with Crippen molar-refractivity contribution < 1.29 is 4.79 Å². The molecule has 0 aliphatic heterocycles. The molecule has 0 spiro atoms. The van der Waals surface area contributed by atoms with Crippen LogP contribution in [0.5, 0.6) is 0 Å². The largest absolute Gasteiger partial charge is 0.342 e. The van der Waals surface area contributed by atoms with Crippen LogP contribution in [-0.4, -0.2) is 12.1 Å². The number of hydrogen-bond donors (Lipinski definition) is 1. The van der Waals surface area contributed by atoms with Gasteiger partial charge in [0.15, 0.2) is 6.07 Å². The summed E-state index contributed by atoms with van der Waals surface area (Å²) in [6.07, 6.45) is 1.47. The fourth-order valence-electron chi connectivity index (χ4n) is 0.730. The molecular weight excluding hydrogens is 166 g/mol. The third kappa shape index (κ3) is 3.16. The number of benzene rings is 1. The third-order valence-electron chi connectivity index (χ3n) is 1.28. The number of nitrogens with zero attached hydrogens (tertiary/aromatic N) is 2. The molecule has 0 aromatic heterocycles. The van der Waals surface area contributed by atoms with Crippen LogP contribution in [0.3, 0.4) is 0 Å². The van der Waals surface area contributed by atoms with Crippen LogP contribution in [0.4, 0.5) is 0 Å². The minimum Gasteiger partial charge on any atom is -0.255 e. The lowest BCUT2D eigenvalue weighted by Crippen LogP contribution is -2.14. The summed E-state index contributed by atoms with van der Waals surface area (Å²) in [5.41, 5.74) is 2.91. The second-order valence-electron chi connectivity index (χ2n) is 2.22. The van der Waals surface area contributed by atoms with Crippen molar-refractivity contribution in [3.05, 3.63) is 35.9 Å². The van der Waals surface area contributed by atoms with Crippen molar-refractivity contribution in [2.75, 3.05) is 0 Å². The highest BCUT2D eigenvalue weighted by atomic mass is 16.2. The second-order valence-corrected chi connectivity index (χ2v) is 2.22. The van der Waals surface area contributed by atoms with Crippen LogP contribution >= 0.6 is 0 Å². The molecule has 0 aliphatic rings. The van der Waals surface area contributed by atoms with E-state index in [0.29, 0.717) is 0 Å². The Morgan fingerprint density at radius 3 is 2.77 bits per heavy atom. The average Bonchev–Trinajstić information content (AvgIpc) is 2.19. The molecule has 1 aromatic carbocycles. The van der Waals surface area contributed by atoms with E-state index in [0.717, 1.165) is 5.56 Å². The van der Waals surface area contributed by atoms with Crippen LogP contribution in [0.2, 0.25) is 0 Å². The molecule has 0 radical (unpaired) electrons. The van der Waals surface area contributed by atoms with E-state index in [1.165, 1.54) is 12.3 Å². The molecule has 1 N–H and O–H groups in total. The molecular formula is C9H7N3O. The van der Waals surface area contributed by atoms with Crippen molar-refractivity contribution in [3.63, 3.8) is 0 Å². The molecule has 0 heterocycles. The minimum atomic E-state index is -0.771. The van der Waals surface area contributed by atoms with E-state index in [9.17, 15) is 4.79 Å². The van der Waals surface area contributed by atoms with Gasteiger partial charge in [-0.05, 0) is 5.56 Å². The van der Waals surface area contributed by atoms with Crippen LogP contribution in [0.15, 0.2) is 35.4 Å². The number of hydrogen-bond acceptors (Lipinski definition) is 3. The Hall–Kier alpha value is -2.15. The zero-order valence-corrected chi connectivity index (χ0v) is 6.77. The first-order valence-corrected chi connectivity index (χ1v) is 3.61. The van der Waals surface area contributed by atoms with Gasteiger partial charge in [0.25, 0.3) is 0 Å². The van der Waals surface area contributed by atoms with Crippen molar-refractivity contribution >= 4 is 12.1 Å².